The van der Waals surface area contributed by atoms with Gasteiger partial charge in [0.15, 0.2) is 0 Å². The number of ether oxygens (including phenoxy) is 2. The number of carbonyl (C=O) groups excluding carboxylic acids is 2. The Labute approximate surface area is 181 Å². The maximum Gasteiger partial charge on any atom is 0.262 e. The van der Waals surface area contributed by atoms with Crippen molar-refractivity contribution in [3.05, 3.63) is 71.8 Å². The smallest absolute Gasteiger partial charge is 0.262 e. The lowest BCUT2D eigenvalue weighted by Gasteiger charge is -2.13. The molecule has 31 heavy (non-hydrogen) atoms. The molecule has 0 aliphatic rings. The molecule has 2 amide bonds. The maximum absolute atomic E-state index is 12.4. The van der Waals surface area contributed by atoms with Gasteiger partial charge in [0.1, 0.15) is 17.5 Å². The molecule has 0 aromatic heterocycles. The third-order valence-corrected chi connectivity index (χ3v) is 4.69. The van der Waals surface area contributed by atoms with Crippen molar-refractivity contribution in [2.75, 3.05) is 13.7 Å². The molecule has 0 saturated carbocycles. The monoisotopic (exact) mass is 419 g/mol. The van der Waals surface area contributed by atoms with Crippen LogP contribution in [-0.4, -0.2) is 37.8 Å². The molecular weight excluding hydrogens is 394 g/mol. The van der Waals surface area contributed by atoms with Gasteiger partial charge in [0.25, 0.3) is 11.8 Å². The average molecular weight is 419 g/mol. The molecule has 0 aliphatic carbocycles. The summed E-state index contributed by atoms with van der Waals surface area (Å²) < 4.78 is 10.8. The first-order chi connectivity index (χ1) is 15.0. The zero-order valence-electron chi connectivity index (χ0n) is 17.7. The normalized spacial score (nSPS) is 11.8. The number of fused-ring (bicyclic) bond motifs is 1. The Kier molecular flexibility index (Phi) is 7.22. The summed E-state index contributed by atoms with van der Waals surface area (Å²) in [5.74, 6) is 0.537. The fourth-order valence-electron chi connectivity index (χ4n) is 3.04. The number of carbonyl (C=O) groups is 2. The summed E-state index contributed by atoms with van der Waals surface area (Å²) >= 11 is 0. The molecule has 3 rings (SSSR count). The van der Waals surface area contributed by atoms with Crippen molar-refractivity contribution < 1.29 is 19.1 Å². The van der Waals surface area contributed by atoms with E-state index in [0.29, 0.717) is 23.7 Å². The van der Waals surface area contributed by atoms with Crippen LogP contribution in [0.15, 0.2) is 65.8 Å². The van der Waals surface area contributed by atoms with Crippen molar-refractivity contribution in [1.82, 2.24) is 10.7 Å². The van der Waals surface area contributed by atoms with Crippen molar-refractivity contribution in [2.24, 2.45) is 5.10 Å². The summed E-state index contributed by atoms with van der Waals surface area (Å²) in [7, 11) is 1.55. The van der Waals surface area contributed by atoms with E-state index in [2.05, 4.69) is 15.8 Å². The summed E-state index contributed by atoms with van der Waals surface area (Å²) in [6.45, 7) is 4.01. The second kappa shape index (κ2) is 10.2. The Bertz CT molecular complexity index is 1090. The van der Waals surface area contributed by atoms with Crippen molar-refractivity contribution >= 4 is 28.8 Å². The van der Waals surface area contributed by atoms with E-state index >= 15 is 0 Å². The van der Waals surface area contributed by atoms with E-state index in [0.717, 1.165) is 16.3 Å². The number of hydrazone groups is 1. The molecule has 0 saturated heterocycles. The van der Waals surface area contributed by atoms with Gasteiger partial charge in [-0.05, 0) is 55.0 Å². The molecule has 7 heteroatoms. The van der Waals surface area contributed by atoms with Crippen LogP contribution in [-0.2, 0) is 4.79 Å². The highest BCUT2D eigenvalue weighted by molar-refractivity contribution is 6.03. The SMILES string of the molecule is CCOc1ccc2ccccc2c1C=NNC(=O)C(C)NC(=O)c1ccc(OC)cc1. The molecule has 3 aromatic carbocycles. The van der Waals surface area contributed by atoms with E-state index in [-0.39, 0.29) is 5.91 Å². The van der Waals surface area contributed by atoms with Crippen LogP contribution in [0.1, 0.15) is 29.8 Å². The Balaban J connectivity index is 1.67. The van der Waals surface area contributed by atoms with Crippen molar-refractivity contribution in [3.63, 3.8) is 0 Å². The predicted molar refractivity (Wildman–Crippen MR) is 121 cm³/mol. The molecule has 2 N–H and O–H groups in total. The maximum atomic E-state index is 12.4. The van der Waals surface area contributed by atoms with Gasteiger partial charge < -0.3 is 14.8 Å². The van der Waals surface area contributed by atoms with Gasteiger partial charge in [0.05, 0.1) is 19.9 Å². The minimum absolute atomic E-state index is 0.359. The van der Waals surface area contributed by atoms with Gasteiger partial charge in [-0.1, -0.05) is 30.3 Å². The molecular formula is C24H25N3O4. The molecule has 3 aromatic rings. The molecule has 0 bridgehead atoms. The van der Waals surface area contributed by atoms with Crippen LogP contribution in [0.3, 0.4) is 0 Å². The van der Waals surface area contributed by atoms with E-state index in [4.69, 9.17) is 9.47 Å². The second-order valence-electron chi connectivity index (χ2n) is 6.79. The number of rotatable bonds is 8. The quantitative estimate of drug-likeness (QED) is 0.432. The van der Waals surface area contributed by atoms with Gasteiger partial charge in [-0.3, -0.25) is 9.59 Å². The molecule has 0 radical (unpaired) electrons. The van der Waals surface area contributed by atoms with Crippen LogP contribution < -0.4 is 20.2 Å². The van der Waals surface area contributed by atoms with Crippen LogP contribution in [0, 0.1) is 0 Å². The lowest BCUT2D eigenvalue weighted by Crippen LogP contribution is -2.43. The van der Waals surface area contributed by atoms with Gasteiger partial charge in [-0.15, -0.1) is 0 Å². The summed E-state index contributed by atoms with van der Waals surface area (Å²) in [6.07, 6.45) is 1.56. The number of hydrogen-bond donors (Lipinski definition) is 2. The minimum atomic E-state index is -0.773. The van der Waals surface area contributed by atoms with Crippen LogP contribution >= 0.6 is 0 Å². The largest absolute Gasteiger partial charge is 0.497 e. The van der Waals surface area contributed by atoms with E-state index in [9.17, 15) is 9.59 Å². The highest BCUT2D eigenvalue weighted by Crippen LogP contribution is 2.26. The van der Waals surface area contributed by atoms with Gasteiger partial charge in [-0.2, -0.15) is 5.10 Å². The van der Waals surface area contributed by atoms with Crippen molar-refractivity contribution in [1.29, 1.82) is 0 Å². The average Bonchev–Trinajstić information content (AvgIpc) is 2.80. The number of hydrogen-bond acceptors (Lipinski definition) is 5. The fraction of sp³-hybridized carbons (Fsp3) is 0.208. The van der Waals surface area contributed by atoms with Gasteiger partial charge in [0.2, 0.25) is 0 Å². The number of methoxy groups -OCH3 is 1. The molecule has 0 aliphatic heterocycles. The highest BCUT2D eigenvalue weighted by Gasteiger charge is 2.16. The van der Waals surface area contributed by atoms with Gasteiger partial charge in [0, 0.05) is 11.1 Å². The Morgan fingerprint density at radius 3 is 2.52 bits per heavy atom. The Morgan fingerprint density at radius 2 is 1.81 bits per heavy atom. The predicted octanol–water partition coefficient (Wildman–Crippen LogP) is 3.52. The van der Waals surface area contributed by atoms with Gasteiger partial charge in [-0.25, -0.2) is 5.43 Å². The van der Waals surface area contributed by atoms with Crippen LogP contribution in [0.5, 0.6) is 11.5 Å². The number of nitrogens with zero attached hydrogens (tertiary/aromatic N) is 1. The molecule has 1 unspecified atom stereocenters. The molecule has 0 fully saturated rings. The first-order valence-electron chi connectivity index (χ1n) is 9.96. The lowest BCUT2D eigenvalue weighted by molar-refractivity contribution is -0.122. The fourth-order valence-corrected chi connectivity index (χ4v) is 3.04. The molecule has 0 heterocycles. The van der Waals surface area contributed by atoms with Crippen LogP contribution in [0.25, 0.3) is 10.8 Å². The van der Waals surface area contributed by atoms with Crippen LogP contribution in [0.2, 0.25) is 0 Å². The van der Waals surface area contributed by atoms with Crippen LogP contribution in [0.4, 0.5) is 0 Å². The summed E-state index contributed by atoms with van der Waals surface area (Å²) in [5.41, 5.74) is 3.69. The summed E-state index contributed by atoms with van der Waals surface area (Å²) in [5, 5.41) is 8.74. The zero-order chi connectivity index (χ0) is 22.2. The van der Waals surface area contributed by atoms with Gasteiger partial charge >= 0.3 is 0 Å². The number of amides is 2. The summed E-state index contributed by atoms with van der Waals surface area (Å²) in [6, 6.07) is 17.6. The molecule has 0 spiro atoms. The Hall–Kier alpha value is -3.87. The third-order valence-electron chi connectivity index (χ3n) is 4.69. The molecule has 1 atom stereocenters. The number of benzene rings is 3. The lowest BCUT2D eigenvalue weighted by atomic mass is 10.0. The zero-order valence-corrected chi connectivity index (χ0v) is 17.7. The molecule has 160 valence electrons. The van der Waals surface area contributed by atoms with Crippen molar-refractivity contribution in [3.8, 4) is 11.5 Å². The first kappa shape index (κ1) is 21.8. The van der Waals surface area contributed by atoms with Crippen molar-refractivity contribution in [2.45, 2.75) is 19.9 Å². The van der Waals surface area contributed by atoms with E-state index in [1.165, 1.54) is 0 Å². The highest BCUT2D eigenvalue weighted by atomic mass is 16.5. The van der Waals surface area contributed by atoms with E-state index < -0.39 is 11.9 Å². The topological polar surface area (TPSA) is 89.0 Å². The van der Waals surface area contributed by atoms with E-state index in [1.54, 1.807) is 44.5 Å². The first-order valence-corrected chi connectivity index (χ1v) is 9.96. The standard InChI is InChI=1S/C24H25N3O4/c1-4-31-22-14-11-17-7-5-6-8-20(17)21(22)15-25-27-23(28)16(2)26-24(29)18-9-12-19(30-3)13-10-18/h5-16H,4H2,1-3H3,(H,26,29)(H,27,28). The number of nitrogens with one attached hydrogen (secondary N) is 2. The molecule has 7 nitrogen and oxygen atoms in total. The summed E-state index contributed by atoms with van der Waals surface area (Å²) in [4.78, 5) is 24.7. The third kappa shape index (κ3) is 5.39. The minimum Gasteiger partial charge on any atom is -0.497 e. The second-order valence-corrected chi connectivity index (χ2v) is 6.79. The van der Waals surface area contributed by atoms with E-state index in [1.807, 2.05) is 43.3 Å². The Morgan fingerprint density at radius 1 is 1.06 bits per heavy atom.